The molecular formula is C12H16O4. The summed E-state index contributed by atoms with van der Waals surface area (Å²) in [5, 5.41) is 29.1. The number of phenolic OH excluding ortho intramolecular Hbond substituents is 1. The van der Waals surface area contributed by atoms with E-state index >= 15 is 0 Å². The number of aromatic hydroxyl groups is 1. The van der Waals surface area contributed by atoms with Crippen LogP contribution in [0.25, 0.3) is 0 Å². The normalized spacial score (nSPS) is 26.9. The molecule has 3 atom stereocenters. The zero-order chi connectivity index (χ0) is 11.7. The third-order valence-corrected chi connectivity index (χ3v) is 2.98. The van der Waals surface area contributed by atoms with Crippen molar-refractivity contribution in [3.63, 3.8) is 0 Å². The molecule has 0 fully saturated rings. The van der Waals surface area contributed by atoms with E-state index in [1.54, 1.807) is 25.1 Å². The van der Waals surface area contributed by atoms with Crippen molar-refractivity contribution in [3.05, 3.63) is 29.3 Å². The van der Waals surface area contributed by atoms with E-state index < -0.39 is 18.3 Å². The van der Waals surface area contributed by atoms with Crippen molar-refractivity contribution in [1.82, 2.24) is 0 Å². The third-order valence-electron chi connectivity index (χ3n) is 2.98. The molecule has 4 nitrogen and oxygen atoms in total. The van der Waals surface area contributed by atoms with Gasteiger partial charge in [0.15, 0.2) is 0 Å². The van der Waals surface area contributed by atoms with Crippen LogP contribution in [0.2, 0.25) is 0 Å². The van der Waals surface area contributed by atoms with Gasteiger partial charge in [0, 0.05) is 12.0 Å². The lowest BCUT2D eigenvalue weighted by atomic mass is 9.98. The topological polar surface area (TPSA) is 69.9 Å². The van der Waals surface area contributed by atoms with E-state index in [1.807, 2.05) is 0 Å². The Morgan fingerprint density at radius 1 is 1.44 bits per heavy atom. The second-order valence-electron chi connectivity index (χ2n) is 4.19. The van der Waals surface area contributed by atoms with E-state index in [1.165, 1.54) is 0 Å². The van der Waals surface area contributed by atoms with Crippen LogP contribution in [0.15, 0.2) is 18.2 Å². The summed E-state index contributed by atoms with van der Waals surface area (Å²) in [7, 11) is 0. The maximum absolute atomic E-state index is 9.98. The Bertz CT molecular complexity index is 375. The molecule has 0 aliphatic carbocycles. The summed E-state index contributed by atoms with van der Waals surface area (Å²) in [5.41, 5.74) is 1.29. The largest absolute Gasteiger partial charge is 0.508 e. The monoisotopic (exact) mass is 224 g/mol. The average Bonchev–Trinajstić information content (AvgIpc) is 2.40. The molecule has 3 N–H and O–H groups in total. The molecule has 0 saturated heterocycles. The number of hydrogen-bond donors (Lipinski definition) is 3. The van der Waals surface area contributed by atoms with Crippen LogP contribution in [-0.4, -0.2) is 27.5 Å². The van der Waals surface area contributed by atoms with Crippen molar-refractivity contribution in [3.8, 4) is 5.75 Å². The molecule has 0 spiro atoms. The highest BCUT2D eigenvalue weighted by atomic mass is 16.5. The SMILES string of the molecule is C[C@@H](O)[C@@H]1C[C@H](O)c2cccc(O)c2CO1. The molecule has 0 amide bonds. The first-order valence-corrected chi connectivity index (χ1v) is 5.38. The molecule has 0 bridgehead atoms. The van der Waals surface area contributed by atoms with Crippen LogP contribution in [0.3, 0.4) is 0 Å². The molecule has 1 aliphatic rings. The molecule has 1 heterocycles. The highest BCUT2D eigenvalue weighted by Gasteiger charge is 2.27. The minimum Gasteiger partial charge on any atom is -0.508 e. The maximum atomic E-state index is 9.98. The van der Waals surface area contributed by atoms with Gasteiger partial charge in [-0.3, -0.25) is 0 Å². The van der Waals surface area contributed by atoms with Crippen LogP contribution < -0.4 is 0 Å². The minimum absolute atomic E-state index is 0.128. The average molecular weight is 224 g/mol. The number of hydrogen-bond acceptors (Lipinski definition) is 4. The maximum Gasteiger partial charge on any atom is 0.121 e. The van der Waals surface area contributed by atoms with Crippen LogP contribution in [0.4, 0.5) is 0 Å². The van der Waals surface area contributed by atoms with Crippen LogP contribution in [0.5, 0.6) is 5.75 Å². The summed E-state index contributed by atoms with van der Waals surface area (Å²) < 4.78 is 5.47. The van der Waals surface area contributed by atoms with Crippen molar-refractivity contribution in [2.75, 3.05) is 0 Å². The quantitative estimate of drug-likeness (QED) is 0.668. The van der Waals surface area contributed by atoms with E-state index in [0.29, 0.717) is 17.5 Å². The van der Waals surface area contributed by atoms with E-state index in [0.717, 1.165) is 0 Å². The zero-order valence-corrected chi connectivity index (χ0v) is 9.13. The lowest BCUT2D eigenvalue weighted by molar-refractivity contribution is -0.0536. The number of rotatable bonds is 1. The molecule has 88 valence electrons. The molecule has 0 radical (unpaired) electrons. The van der Waals surface area contributed by atoms with Crippen molar-refractivity contribution in [2.24, 2.45) is 0 Å². The molecule has 4 heteroatoms. The van der Waals surface area contributed by atoms with Crippen molar-refractivity contribution < 1.29 is 20.1 Å². The van der Waals surface area contributed by atoms with Gasteiger partial charge >= 0.3 is 0 Å². The van der Waals surface area contributed by atoms with Crippen LogP contribution in [-0.2, 0) is 11.3 Å². The Morgan fingerprint density at radius 2 is 2.19 bits per heavy atom. The highest BCUT2D eigenvalue weighted by Crippen LogP contribution is 2.33. The smallest absolute Gasteiger partial charge is 0.121 e. The fraction of sp³-hybridized carbons (Fsp3) is 0.500. The van der Waals surface area contributed by atoms with E-state index in [2.05, 4.69) is 0 Å². The van der Waals surface area contributed by atoms with E-state index in [4.69, 9.17) is 4.74 Å². The molecule has 0 aromatic heterocycles. The van der Waals surface area contributed by atoms with E-state index in [-0.39, 0.29) is 12.4 Å². The van der Waals surface area contributed by atoms with Gasteiger partial charge in [-0.2, -0.15) is 0 Å². The summed E-state index contributed by atoms with van der Waals surface area (Å²) in [6.45, 7) is 1.85. The minimum atomic E-state index is -0.704. The van der Waals surface area contributed by atoms with Crippen LogP contribution in [0, 0.1) is 0 Å². The van der Waals surface area contributed by atoms with Crippen molar-refractivity contribution in [1.29, 1.82) is 0 Å². The molecule has 1 aliphatic heterocycles. The van der Waals surface area contributed by atoms with Gasteiger partial charge in [-0.25, -0.2) is 0 Å². The number of aliphatic hydroxyl groups is 2. The number of benzene rings is 1. The number of aliphatic hydroxyl groups excluding tert-OH is 2. The number of ether oxygens (including phenoxy) is 1. The lowest BCUT2D eigenvalue weighted by Crippen LogP contribution is -2.26. The Morgan fingerprint density at radius 3 is 2.88 bits per heavy atom. The van der Waals surface area contributed by atoms with Crippen molar-refractivity contribution >= 4 is 0 Å². The summed E-state index contributed by atoms with van der Waals surface area (Å²) in [4.78, 5) is 0. The van der Waals surface area contributed by atoms with Gasteiger partial charge in [-0.05, 0) is 18.6 Å². The fourth-order valence-corrected chi connectivity index (χ4v) is 2.00. The Labute approximate surface area is 94.1 Å². The fourth-order valence-electron chi connectivity index (χ4n) is 2.00. The van der Waals surface area contributed by atoms with Gasteiger partial charge < -0.3 is 20.1 Å². The summed E-state index contributed by atoms with van der Waals surface area (Å²) in [6.07, 6.45) is -1.40. The molecule has 16 heavy (non-hydrogen) atoms. The standard InChI is InChI=1S/C12H16O4/c1-7(13)12-5-11(15)8-3-2-4-10(14)9(8)6-16-12/h2-4,7,11-15H,5-6H2,1H3/t7-,11+,12+/m1/s1. The van der Waals surface area contributed by atoms with Gasteiger partial charge in [-0.15, -0.1) is 0 Å². The lowest BCUT2D eigenvalue weighted by Gasteiger charge is -2.19. The Kier molecular flexibility index (Phi) is 3.14. The first kappa shape index (κ1) is 11.4. The number of phenols is 1. The molecular weight excluding hydrogens is 208 g/mol. The highest BCUT2D eigenvalue weighted by molar-refractivity contribution is 5.40. The van der Waals surface area contributed by atoms with Gasteiger partial charge in [0.1, 0.15) is 5.75 Å². The molecule has 2 rings (SSSR count). The second kappa shape index (κ2) is 4.41. The Balaban J connectivity index is 2.32. The first-order chi connectivity index (χ1) is 7.59. The van der Waals surface area contributed by atoms with Crippen LogP contribution in [0.1, 0.15) is 30.6 Å². The predicted molar refractivity (Wildman–Crippen MR) is 57.9 cm³/mol. The van der Waals surface area contributed by atoms with Gasteiger partial charge in [0.25, 0.3) is 0 Å². The summed E-state index contributed by atoms with van der Waals surface area (Å²) in [5.74, 6) is 0.128. The molecule has 0 saturated carbocycles. The van der Waals surface area contributed by atoms with Crippen LogP contribution >= 0.6 is 0 Å². The van der Waals surface area contributed by atoms with Gasteiger partial charge in [-0.1, -0.05) is 12.1 Å². The molecule has 0 unspecified atom stereocenters. The predicted octanol–water partition coefficient (Wildman–Crippen LogP) is 1.10. The zero-order valence-electron chi connectivity index (χ0n) is 9.13. The van der Waals surface area contributed by atoms with Gasteiger partial charge in [0.05, 0.1) is 24.9 Å². The Hall–Kier alpha value is -1.10. The summed E-state index contributed by atoms with van der Waals surface area (Å²) >= 11 is 0. The third kappa shape index (κ3) is 2.04. The number of fused-ring (bicyclic) bond motifs is 1. The summed E-state index contributed by atoms with van der Waals surface area (Å²) in [6, 6.07) is 5.03. The first-order valence-electron chi connectivity index (χ1n) is 5.38. The second-order valence-corrected chi connectivity index (χ2v) is 4.19. The molecule has 1 aromatic carbocycles. The van der Waals surface area contributed by atoms with E-state index in [9.17, 15) is 15.3 Å². The molecule has 1 aromatic rings. The van der Waals surface area contributed by atoms with Gasteiger partial charge in [0.2, 0.25) is 0 Å². The van der Waals surface area contributed by atoms with Crippen molar-refractivity contribution in [2.45, 2.75) is 38.3 Å².